The maximum atomic E-state index is 12.6. The average molecular weight is 286 g/mol. The molecule has 3 rings (SSSR count). The zero-order valence-electron chi connectivity index (χ0n) is 11.9. The van der Waals surface area contributed by atoms with Gasteiger partial charge in [-0.1, -0.05) is 6.92 Å². The number of likely N-dealkylation sites (tertiary alicyclic amines) is 1. The first kappa shape index (κ1) is 13.7. The summed E-state index contributed by atoms with van der Waals surface area (Å²) in [6, 6.07) is 7.43. The van der Waals surface area contributed by atoms with Crippen LogP contribution in [0.1, 0.15) is 30.1 Å². The summed E-state index contributed by atoms with van der Waals surface area (Å²) >= 11 is 0. The van der Waals surface area contributed by atoms with Crippen LogP contribution in [0.4, 0.5) is 0 Å². The molecule has 1 fully saturated rings. The molecule has 1 unspecified atom stereocenters. The molecule has 5 nitrogen and oxygen atoms in total. The lowest BCUT2D eigenvalue weighted by atomic mass is 9.84. The number of H-pyrrole nitrogens is 1. The number of nitrogens with one attached hydrogen (secondary N) is 1. The Labute approximate surface area is 122 Å². The van der Waals surface area contributed by atoms with Gasteiger partial charge in [-0.15, -0.1) is 0 Å². The largest absolute Gasteiger partial charge is 0.481 e. The third-order valence-corrected chi connectivity index (χ3v) is 4.57. The minimum absolute atomic E-state index is 0.0883. The number of hydrogen-bond acceptors (Lipinski definition) is 2. The first-order chi connectivity index (χ1) is 10.1. The van der Waals surface area contributed by atoms with Crippen LogP contribution in [-0.2, 0) is 4.79 Å². The van der Waals surface area contributed by atoms with E-state index in [9.17, 15) is 14.7 Å². The van der Waals surface area contributed by atoms with E-state index in [0.29, 0.717) is 31.5 Å². The van der Waals surface area contributed by atoms with Crippen LogP contribution in [0.5, 0.6) is 0 Å². The molecular formula is C16H18N2O3. The Balaban J connectivity index is 1.84. The lowest BCUT2D eigenvalue weighted by Gasteiger charge is -2.23. The Morgan fingerprint density at radius 1 is 1.38 bits per heavy atom. The topological polar surface area (TPSA) is 73.4 Å². The molecule has 2 N–H and O–H groups in total. The summed E-state index contributed by atoms with van der Waals surface area (Å²) < 4.78 is 0. The fraction of sp³-hybridized carbons (Fsp3) is 0.375. The summed E-state index contributed by atoms with van der Waals surface area (Å²) in [5, 5.41) is 10.4. The van der Waals surface area contributed by atoms with Crippen molar-refractivity contribution in [1.29, 1.82) is 0 Å². The third-order valence-electron chi connectivity index (χ3n) is 4.57. The van der Waals surface area contributed by atoms with Crippen LogP contribution >= 0.6 is 0 Å². The molecule has 0 spiro atoms. The molecule has 0 saturated carbocycles. The van der Waals surface area contributed by atoms with E-state index in [0.717, 1.165) is 10.9 Å². The van der Waals surface area contributed by atoms with Crippen molar-refractivity contribution in [3.05, 3.63) is 36.0 Å². The number of carbonyl (C=O) groups excluding carboxylic acids is 1. The van der Waals surface area contributed by atoms with E-state index >= 15 is 0 Å². The number of rotatable bonds is 3. The predicted octanol–water partition coefficient (Wildman–Crippen LogP) is 2.49. The van der Waals surface area contributed by atoms with Crippen LogP contribution < -0.4 is 0 Å². The number of carboxylic acid groups (broad SMARTS) is 1. The van der Waals surface area contributed by atoms with E-state index in [1.807, 2.05) is 31.3 Å². The third kappa shape index (κ3) is 2.18. The van der Waals surface area contributed by atoms with Gasteiger partial charge in [0.25, 0.3) is 5.91 Å². The van der Waals surface area contributed by atoms with Crippen molar-refractivity contribution in [2.75, 3.05) is 13.1 Å². The number of aliphatic carboxylic acids is 1. The number of carboxylic acids is 1. The fourth-order valence-electron chi connectivity index (χ4n) is 3.03. The predicted molar refractivity (Wildman–Crippen MR) is 79.2 cm³/mol. The van der Waals surface area contributed by atoms with Crippen LogP contribution in [-0.4, -0.2) is 40.0 Å². The van der Waals surface area contributed by atoms with Gasteiger partial charge < -0.3 is 15.0 Å². The Bertz CT molecular complexity index is 706. The first-order valence-corrected chi connectivity index (χ1v) is 7.15. The highest BCUT2D eigenvalue weighted by atomic mass is 16.4. The number of aromatic amines is 1. The summed E-state index contributed by atoms with van der Waals surface area (Å²) in [5.41, 5.74) is 0.814. The van der Waals surface area contributed by atoms with E-state index in [2.05, 4.69) is 4.98 Å². The number of nitrogens with zero attached hydrogens (tertiary/aromatic N) is 1. The average Bonchev–Trinajstić information content (AvgIpc) is 3.13. The molecule has 1 saturated heterocycles. The Morgan fingerprint density at radius 3 is 2.86 bits per heavy atom. The van der Waals surface area contributed by atoms with Crippen LogP contribution in [0.25, 0.3) is 10.9 Å². The molecule has 2 aromatic rings. The van der Waals surface area contributed by atoms with Gasteiger partial charge in [0.1, 0.15) is 0 Å². The van der Waals surface area contributed by atoms with Gasteiger partial charge >= 0.3 is 5.97 Å². The molecule has 0 aliphatic carbocycles. The van der Waals surface area contributed by atoms with Crippen LogP contribution in [0.15, 0.2) is 30.5 Å². The van der Waals surface area contributed by atoms with Crippen LogP contribution in [0.2, 0.25) is 0 Å². The van der Waals surface area contributed by atoms with E-state index in [-0.39, 0.29) is 5.91 Å². The molecule has 0 radical (unpaired) electrons. The van der Waals surface area contributed by atoms with E-state index < -0.39 is 11.4 Å². The second-order valence-electron chi connectivity index (χ2n) is 5.70. The smallest absolute Gasteiger partial charge is 0.311 e. The van der Waals surface area contributed by atoms with Crippen molar-refractivity contribution >= 4 is 22.8 Å². The number of carbonyl (C=O) groups is 2. The number of fused-ring (bicyclic) bond motifs is 1. The lowest BCUT2D eigenvalue weighted by molar-refractivity contribution is -0.148. The van der Waals surface area contributed by atoms with Gasteiger partial charge in [-0.25, -0.2) is 0 Å². The van der Waals surface area contributed by atoms with Gasteiger partial charge in [0.15, 0.2) is 0 Å². The van der Waals surface area contributed by atoms with Crippen LogP contribution in [0.3, 0.4) is 0 Å². The van der Waals surface area contributed by atoms with Crippen molar-refractivity contribution < 1.29 is 14.7 Å². The molecule has 1 aliphatic heterocycles. The summed E-state index contributed by atoms with van der Waals surface area (Å²) in [4.78, 5) is 28.8. The molecule has 110 valence electrons. The standard InChI is InChI=1S/C16H18N2O3/c1-2-16(15(20)21)6-8-18(10-16)14(19)12-3-4-13-11(9-12)5-7-17-13/h3-5,7,9,17H,2,6,8,10H2,1H3,(H,20,21). The normalized spacial score (nSPS) is 21.9. The van der Waals surface area contributed by atoms with Gasteiger partial charge in [-0.05, 0) is 37.1 Å². The first-order valence-electron chi connectivity index (χ1n) is 7.15. The molecule has 21 heavy (non-hydrogen) atoms. The number of hydrogen-bond donors (Lipinski definition) is 2. The molecular weight excluding hydrogens is 268 g/mol. The minimum atomic E-state index is -0.804. The summed E-state index contributed by atoms with van der Waals surface area (Å²) in [7, 11) is 0. The quantitative estimate of drug-likeness (QED) is 0.910. The number of amides is 1. The van der Waals surface area contributed by atoms with Crippen molar-refractivity contribution in [3.63, 3.8) is 0 Å². The molecule has 0 bridgehead atoms. The van der Waals surface area contributed by atoms with Crippen molar-refractivity contribution in [2.24, 2.45) is 5.41 Å². The Morgan fingerprint density at radius 2 is 2.19 bits per heavy atom. The van der Waals surface area contributed by atoms with Crippen molar-refractivity contribution in [2.45, 2.75) is 19.8 Å². The summed E-state index contributed by atoms with van der Waals surface area (Å²) in [6.07, 6.45) is 2.90. The minimum Gasteiger partial charge on any atom is -0.481 e. The molecule has 1 aromatic carbocycles. The molecule has 2 heterocycles. The summed E-state index contributed by atoms with van der Waals surface area (Å²) in [6.45, 7) is 2.67. The van der Waals surface area contributed by atoms with Gasteiger partial charge in [-0.3, -0.25) is 9.59 Å². The lowest BCUT2D eigenvalue weighted by Crippen LogP contribution is -2.36. The van der Waals surface area contributed by atoms with E-state index in [1.165, 1.54) is 0 Å². The van der Waals surface area contributed by atoms with E-state index in [4.69, 9.17) is 0 Å². The molecule has 5 heteroatoms. The van der Waals surface area contributed by atoms with Gasteiger partial charge in [0.05, 0.1) is 5.41 Å². The molecule has 1 amide bonds. The van der Waals surface area contributed by atoms with Crippen molar-refractivity contribution in [3.8, 4) is 0 Å². The van der Waals surface area contributed by atoms with Crippen LogP contribution in [0, 0.1) is 5.41 Å². The molecule has 1 atom stereocenters. The Kier molecular flexibility index (Phi) is 3.20. The fourth-order valence-corrected chi connectivity index (χ4v) is 3.03. The second kappa shape index (κ2) is 4.91. The maximum absolute atomic E-state index is 12.6. The number of aromatic nitrogens is 1. The SMILES string of the molecule is CCC1(C(=O)O)CCN(C(=O)c2ccc3[nH]ccc3c2)C1. The zero-order valence-corrected chi connectivity index (χ0v) is 11.9. The molecule has 1 aliphatic rings. The van der Waals surface area contributed by atoms with Gasteiger partial charge in [-0.2, -0.15) is 0 Å². The Hall–Kier alpha value is -2.30. The monoisotopic (exact) mass is 286 g/mol. The highest BCUT2D eigenvalue weighted by Gasteiger charge is 2.44. The van der Waals surface area contributed by atoms with E-state index in [1.54, 1.807) is 11.0 Å². The maximum Gasteiger partial charge on any atom is 0.311 e. The second-order valence-corrected chi connectivity index (χ2v) is 5.70. The van der Waals surface area contributed by atoms with Gasteiger partial charge in [0, 0.05) is 35.8 Å². The van der Waals surface area contributed by atoms with Gasteiger partial charge in [0.2, 0.25) is 0 Å². The number of benzene rings is 1. The molecule has 1 aromatic heterocycles. The van der Waals surface area contributed by atoms with Crippen molar-refractivity contribution in [1.82, 2.24) is 9.88 Å². The highest BCUT2D eigenvalue weighted by Crippen LogP contribution is 2.35. The highest BCUT2D eigenvalue weighted by molar-refractivity contribution is 5.98. The summed E-state index contributed by atoms with van der Waals surface area (Å²) in [5.74, 6) is -0.893. The zero-order chi connectivity index (χ0) is 15.0.